The molecule has 0 saturated carbocycles. The molecule has 0 amide bonds. The second kappa shape index (κ2) is 5.67. The van der Waals surface area contributed by atoms with Gasteiger partial charge in [-0.25, -0.2) is 9.37 Å². The maximum Gasteiger partial charge on any atom is 0.140 e. The summed E-state index contributed by atoms with van der Waals surface area (Å²) in [6, 6.07) is 1.62. The molecule has 1 aromatic heterocycles. The first kappa shape index (κ1) is 11.9. The van der Waals surface area contributed by atoms with Crippen LogP contribution in [0.2, 0.25) is 5.15 Å². The van der Waals surface area contributed by atoms with E-state index < -0.39 is 12.8 Å². The number of halogens is 3. The fourth-order valence-electron chi connectivity index (χ4n) is 0.834. The Labute approximate surface area is 99.8 Å². The lowest BCUT2D eigenvalue weighted by Crippen LogP contribution is -2.19. The van der Waals surface area contributed by atoms with Gasteiger partial charge < -0.3 is 10.4 Å². The third-order valence-electron chi connectivity index (χ3n) is 1.53. The Morgan fingerprint density at radius 2 is 2.43 bits per heavy atom. The zero-order chi connectivity index (χ0) is 10.6. The standard InChI is InChI=1S/C8H9ClFIN2O/c9-8-1-7(6(11)3-13-8)12-2-5(10)4-14/h1,3,5,14H,2,4H2,(H,12,13)/t5-/m1/s1. The average molecular weight is 331 g/mol. The van der Waals surface area contributed by atoms with E-state index in [9.17, 15) is 4.39 Å². The van der Waals surface area contributed by atoms with Gasteiger partial charge in [-0.3, -0.25) is 0 Å². The second-order valence-electron chi connectivity index (χ2n) is 2.65. The summed E-state index contributed by atoms with van der Waals surface area (Å²) in [4.78, 5) is 3.86. The van der Waals surface area contributed by atoms with Crippen LogP contribution >= 0.6 is 34.2 Å². The Morgan fingerprint density at radius 3 is 3.07 bits per heavy atom. The zero-order valence-corrected chi connectivity index (χ0v) is 10.1. The van der Waals surface area contributed by atoms with Crippen molar-refractivity contribution in [2.45, 2.75) is 6.17 Å². The minimum atomic E-state index is -1.27. The number of aromatic nitrogens is 1. The van der Waals surface area contributed by atoms with Crippen LogP contribution in [0.4, 0.5) is 10.1 Å². The molecule has 2 N–H and O–H groups in total. The second-order valence-corrected chi connectivity index (χ2v) is 4.20. The molecule has 3 nitrogen and oxygen atoms in total. The molecular formula is C8H9ClFIN2O. The van der Waals surface area contributed by atoms with Crippen molar-refractivity contribution < 1.29 is 9.50 Å². The van der Waals surface area contributed by atoms with E-state index in [-0.39, 0.29) is 6.54 Å². The highest BCUT2D eigenvalue weighted by atomic mass is 127. The Morgan fingerprint density at radius 1 is 1.71 bits per heavy atom. The van der Waals surface area contributed by atoms with Gasteiger partial charge >= 0.3 is 0 Å². The Bertz CT molecular complexity index is 313. The predicted octanol–water partition coefficient (Wildman–Crippen LogP) is 2.08. The zero-order valence-electron chi connectivity index (χ0n) is 7.17. The van der Waals surface area contributed by atoms with Gasteiger partial charge in [0.05, 0.1) is 15.9 Å². The monoisotopic (exact) mass is 330 g/mol. The van der Waals surface area contributed by atoms with Gasteiger partial charge in [0.2, 0.25) is 0 Å². The molecule has 0 aliphatic rings. The van der Waals surface area contributed by atoms with E-state index in [1.165, 1.54) is 0 Å². The summed E-state index contributed by atoms with van der Waals surface area (Å²) in [6.07, 6.45) is 0.329. The van der Waals surface area contributed by atoms with Crippen LogP contribution in [-0.4, -0.2) is 29.4 Å². The van der Waals surface area contributed by atoms with Gasteiger partial charge in [-0.2, -0.15) is 0 Å². The van der Waals surface area contributed by atoms with E-state index in [1.54, 1.807) is 12.3 Å². The molecular weight excluding hydrogens is 321 g/mol. The molecule has 0 fully saturated rings. The molecule has 14 heavy (non-hydrogen) atoms. The molecule has 1 rings (SSSR count). The van der Waals surface area contributed by atoms with Crippen molar-refractivity contribution >= 4 is 39.9 Å². The average Bonchev–Trinajstić information content (AvgIpc) is 2.19. The predicted molar refractivity (Wildman–Crippen MR) is 62.4 cm³/mol. The largest absolute Gasteiger partial charge is 0.393 e. The number of anilines is 1. The Balaban J connectivity index is 2.62. The highest BCUT2D eigenvalue weighted by molar-refractivity contribution is 14.1. The summed E-state index contributed by atoms with van der Waals surface area (Å²) in [5, 5.41) is 11.7. The fraction of sp³-hybridized carbons (Fsp3) is 0.375. The molecule has 0 saturated heterocycles. The number of nitrogens with one attached hydrogen (secondary N) is 1. The summed E-state index contributed by atoms with van der Waals surface area (Å²) < 4.78 is 13.5. The first-order chi connectivity index (χ1) is 6.63. The Hall–Kier alpha value is -0.140. The molecule has 0 aromatic carbocycles. The van der Waals surface area contributed by atoms with Gasteiger partial charge in [0, 0.05) is 12.7 Å². The number of alkyl halides is 1. The van der Waals surface area contributed by atoms with Crippen LogP contribution in [0.1, 0.15) is 0 Å². The van der Waals surface area contributed by atoms with E-state index in [1.807, 2.05) is 0 Å². The fourth-order valence-corrected chi connectivity index (χ4v) is 1.48. The molecule has 1 heterocycles. The topological polar surface area (TPSA) is 45.1 Å². The van der Waals surface area contributed by atoms with Gasteiger partial charge in [0.15, 0.2) is 0 Å². The van der Waals surface area contributed by atoms with Crippen molar-refractivity contribution in [3.8, 4) is 0 Å². The van der Waals surface area contributed by atoms with E-state index >= 15 is 0 Å². The van der Waals surface area contributed by atoms with Crippen LogP contribution in [0.3, 0.4) is 0 Å². The SMILES string of the molecule is OC[C@H](F)CNc1cc(Cl)ncc1I. The first-order valence-corrected chi connectivity index (χ1v) is 5.39. The Kier molecular flexibility index (Phi) is 4.83. The molecule has 78 valence electrons. The van der Waals surface area contributed by atoms with Crippen LogP contribution in [0, 0.1) is 3.57 Å². The quantitative estimate of drug-likeness (QED) is 0.656. The summed E-state index contributed by atoms with van der Waals surface area (Å²) in [5.74, 6) is 0. The van der Waals surface area contributed by atoms with Gasteiger partial charge in [-0.15, -0.1) is 0 Å². The third-order valence-corrected chi connectivity index (χ3v) is 2.60. The first-order valence-electron chi connectivity index (χ1n) is 3.93. The van der Waals surface area contributed by atoms with Crippen molar-refractivity contribution in [1.29, 1.82) is 0 Å². The lowest BCUT2D eigenvalue weighted by atomic mass is 10.3. The molecule has 1 aromatic rings. The van der Waals surface area contributed by atoms with E-state index in [0.29, 0.717) is 5.15 Å². The van der Waals surface area contributed by atoms with Crippen LogP contribution in [-0.2, 0) is 0 Å². The number of rotatable bonds is 4. The molecule has 0 radical (unpaired) electrons. The lowest BCUT2D eigenvalue weighted by Gasteiger charge is -2.10. The van der Waals surface area contributed by atoms with Gasteiger partial charge in [-0.05, 0) is 28.7 Å². The third kappa shape index (κ3) is 3.55. The smallest absolute Gasteiger partial charge is 0.140 e. The highest BCUT2D eigenvalue weighted by Crippen LogP contribution is 2.20. The molecule has 0 unspecified atom stereocenters. The summed E-state index contributed by atoms with van der Waals surface area (Å²) in [6.45, 7) is -0.421. The lowest BCUT2D eigenvalue weighted by molar-refractivity contribution is 0.186. The van der Waals surface area contributed by atoms with Crippen LogP contribution in [0.15, 0.2) is 12.3 Å². The minimum Gasteiger partial charge on any atom is -0.393 e. The normalized spacial score (nSPS) is 12.6. The maximum absolute atomic E-state index is 12.7. The number of hydrogen-bond donors (Lipinski definition) is 2. The summed E-state index contributed by atoms with van der Waals surface area (Å²) in [5.41, 5.74) is 0.724. The van der Waals surface area contributed by atoms with Crippen molar-refractivity contribution in [1.82, 2.24) is 4.98 Å². The van der Waals surface area contributed by atoms with Crippen LogP contribution in [0.5, 0.6) is 0 Å². The molecule has 0 aliphatic heterocycles. The number of aliphatic hydroxyl groups excluding tert-OH is 1. The van der Waals surface area contributed by atoms with E-state index in [4.69, 9.17) is 16.7 Å². The van der Waals surface area contributed by atoms with Crippen molar-refractivity contribution in [2.75, 3.05) is 18.5 Å². The van der Waals surface area contributed by atoms with Gasteiger partial charge in [-0.1, -0.05) is 11.6 Å². The van der Waals surface area contributed by atoms with Gasteiger partial charge in [0.1, 0.15) is 11.3 Å². The van der Waals surface area contributed by atoms with Crippen molar-refractivity contribution in [3.05, 3.63) is 21.0 Å². The van der Waals surface area contributed by atoms with E-state index in [0.717, 1.165) is 9.26 Å². The van der Waals surface area contributed by atoms with Crippen molar-refractivity contribution in [2.24, 2.45) is 0 Å². The number of nitrogens with zero attached hydrogens (tertiary/aromatic N) is 1. The maximum atomic E-state index is 12.7. The van der Waals surface area contributed by atoms with Crippen LogP contribution in [0.25, 0.3) is 0 Å². The molecule has 0 spiro atoms. The molecule has 0 aliphatic carbocycles. The highest BCUT2D eigenvalue weighted by Gasteiger charge is 2.06. The summed E-state index contributed by atoms with van der Waals surface area (Å²) in [7, 11) is 0. The van der Waals surface area contributed by atoms with Gasteiger partial charge in [0.25, 0.3) is 0 Å². The number of pyridine rings is 1. The molecule has 1 atom stereocenters. The van der Waals surface area contributed by atoms with Crippen molar-refractivity contribution in [3.63, 3.8) is 0 Å². The van der Waals surface area contributed by atoms with Crippen LogP contribution < -0.4 is 5.32 Å². The molecule has 0 bridgehead atoms. The minimum absolute atomic E-state index is 0.0623. The molecule has 6 heteroatoms. The number of aliphatic hydroxyl groups is 1. The van der Waals surface area contributed by atoms with E-state index in [2.05, 4.69) is 32.9 Å². The number of hydrogen-bond acceptors (Lipinski definition) is 3. The summed E-state index contributed by atoms with van der Waals surface area (Å²) >= 11 is 7.74.